The summed E-state index contributed by atoms with van der Waals surface area (Å²) in [5.41, 5.74) is 0. The van der Waals surface area contributed by atoms with Crippen molar-refractivity contribution in [1.29, 1.82) is 0 Å². The predicted molar refractivity (Wildman–Crippen MR) is 119 cm³/mol. The Kier molecular flexibility index (Phi) is 6.19. The van der Waals surface area contributed by atoms with E-state index in [-0.39, 0.29) is 12.0 Å². The largest absolute Gasteiger partial charge is 0.465 e. The number of amides is 1. The Hall–Kier alpha value is -2.05. The third-order valence-corrected chi connectivity index (χ3v) is 7.41. The number of aliphatic hydroxyl groups is 1. The number of rotatable bonds is 10. The van der Waals surface area contributed by atoms with Crippen LogP contribution in [0.2, 0.25) is 0 Å². The number of hydrogen-bond donors (Lipinski definition) is 3. The van der Waals surface area contributed by atoms with Gasteiger partial charge in [0, 0.05) is 32.4 Å². The second-order valence-electron chi connectivity index (χ2n) is 8.60. The zero-order chi connectivity index (χ0) is 21.2. The standard InChI is InChI=1S/C19H27N7O3S2/c27-14(9-11-1-2-11)20-16-22-24-18(30-16)26-7-5-13(6-8-26)29-19-25-23-17(31-19)21-15(28)10-12-3-4-12/h11-14,27H,1-10H2,(H,20,22)(H,21,23,28). The summed E-state index contributed by atoms with van der Waals surface area (Å²) in [7, 11) is 0. The van der Waals surface area contributed by atoms with Crippen molar-refractivity contribution in [1.82, 2.24) is 20.4 Å². The van der Waals surface area contributed by atoms with Crippen molar-refractivity contribution < 1.29 is 14.6 Å². The molecule has 0 spiro atoms. The van der Waals surface area contributed by atoms with Crippen molar-refractivity contribution in [3.05, 3.63) is 0 Å². The third-order valence-electron chi connectivity index (χ3n) is 5.76. The molecular weight excluding hydrogens is 438 g/mol. The minimum Gasteiger partial charge on any atom is -0.465 e. The molecule has 2 saturated carbocycles. The van der Waals surface area contributed by atoms with Gasteiger partial charge in [0.2, 0.25) is 21.3 Å². The maximum absolute atomic E-state index is 11.9. The van der Waals surface area contributed by atoms with Gasteiger partial charge in [0.05, 0.1) is 0 Å². The van der Waals surface area contributed by atoms with Gasteiger partial charge >= 0.3 is 0 Å². The maximum atomic E-state index is 11.9. The fraction of sp³-hybridized carbons (Fsp3) is 0.737. The molecule has 12 heteroatoms. The van der Waals surface area contributed by atoms with E-state index in [1.165, 1.54) is 35.5 Å². The van der Waals surface area contributed by atoms with E-state index in [0.717, 1.165) is 50.3 Å². The van der Waals surface area contributed by atoms with E-state index in [4.69, 9.17) is 4.74 Å². The van der Waals surface area contributed by atoms with Gasteiger partial charge < -0.3 is 25.4 Å². The summed E-state index contributed by atoms with van der Waals surface area (Å²) < 4.78 is 5.98. The zero-order valence-corrected chi connectivity index (χ0v) is 18.8. The number of carbonyl (C=O) groups excluding carboxylic acids is 1. The quantitative estimate of drug-likeness (QED) is 0.454. The third kappa shape index (κ3) is 6.01. The number of aliphatic hydroxyl groups excluding tert-OH is 1. The Morgan fingerprint density at radius 1 is 1.03 bits per heavy atom. The first kappa shape index (κ1) is 20.8. The number of nitrogens with zero attached hydrogens (tertiary/aromatic N) is 5. The first-order valence-electron chi connectivity index (χ1n) is 10.9. The molecule has 2 aromatic heterocycles. The van der Waals surface area contributed by atoms with E-state index in [1.54, 1.807) is 0 Å². The fourth-order valence-corrected chi connectivity index (χ4v) is 5.16. The minimum absolute atomic E-state index is 0.00415. The topological polar surface area (TPSA) is 125 Å². The number of ether oxygens (including phenoxy) is 1. The van der Waals surface area contributed by atoms with E-state index in [0.29, 0.717) is 33.7 Å². The summed E-state index contributed by atoms with van der Waals surface area (Å²) in [5, 5.41) is 34.9. The van der Waals surface area contributed by atoms with Crippen molar-refractivity contribution in [2.75, 3.05) is 28.6 Å². The maximum Gasteiger partial charge on any atom is 0.296 e. The molecule has 0 bridgehead atoms. The van der Waals surface area contributed by atoms with Crippen molar-refractivity contribution >= 4 is 44.0 Å². The lowest BCUT2D eigenvalue weighted by Crippen LogP contribution is -2.38. The molecule has 0 aromatic carbocycles. The molecule has 1 atom stereocenters. The summed E-state index contributed by atoms with van der Waals surface area (Å²) in [6.07, 6.45) is 7.25. The zero-order valence-electron chi connectivity index (χ0n) is 17.2. The number of aromatic nitrogens is 4. The van der Waals surface area contributed by atoms with Crippen LogP contribution in [0.15, 0.2) is 0 Å². The highest BCUT2D eigenvalue weighted by Crippen LogP contribution is 2.35. The van der Waals surface area contributed by atoms with E-state index in [2.05, 4.69) is 35.9 Å². The average molecular weight is 466 g/mol. The Morgan fingerprint density at radius 3 is 2.52 bits per heavy atom. The van der Waals surface area contributed by atoms with E-state index < -0.39 is 6.23 Å². The van der Waals surface area contributed by atoms with Gasteiger partial charge in [-0.05, 0) is 42.4 Å². The summed E-state index contributed by atoms with van der Waals surface area (Å²) >= 11 is 2.74. The van der Waals surface area contributed by atoms with Gasteiger partial charge in [-0.3, -0.25) is 4.79 Å². The summed E-state index contributed by atoms with van der Waals surface area (Å²) in [4.78, 5) is 14.1. The van der Waals surface area contributed by atoms with E-state index >= 15 is 0 Å². The first-order chi connectivity index (χ1) is 15.1. The van der Waals surface area contributed by atoms with Gasteiger partial charge in [-0.2, -0.15) is 0 Å². The molecule has 5 rings (SSSR count). The van der Waals surface area contributed by atoms with Crippen LogP contribution in [0.5, 0.6) is 5.19 Å². The Morgan fingerprint density at radius 2 is 1.77 bits per heavy atom. The number of hydrogen-bond acceptors (Lipinski definition) is 11. The SMILES string of the molecule is O=C(CC1CC1)Nc1nnc(OC2CCN(c3nnc(NC(O)CC4CC4)s3)CC2)s1. The first-order valence-corrected chi connectivity index (χ1v) is 12.6. The van der Waals surface area contributed by atoms with Gasteiger partial charge in [0.1, 0.15) is 12.3 Å². The van der Waals surface area contributed by atoms with Crippen LogP contribution in [-0.2, 0) is 4.79 Å². The Labute approximate surface area is 188 Å². The molecule has 3 aliphatic rings. The molecule has 3 fully saturated rings. The predicted octanol–water partition coefficient (Wildman–Crippen LogP) is 2.71. The monoisotopic (exact) mass is 465 g/mol. The number of carbonyl (C=O) groups is 1. The van der Waals surface area contributed by atoms with Gasteiger partial charge in [0.25, 0.3) is 5.19 Å². The van der Waals surface area contributed by atoms with Crippen molar-refractivity contribution in [3.8, 4) is 5.19 Å². The molecule has 31 heavy (non-hydrogen) atoms. The molecule has 1 unspecified atom stereocenters. The summed E-state index contributed by atoms with van der Waals surface area (Å²) in [6.45, 7) is 1.63. The summed E-state index contributed by atoms with van der Waals surface area (Å²) in [6, 6.07) is 0. The Bertz CT molecular complexity index is 891. The minimum atomic E-state index is -0.553. The highest BCUT2D eigenvalue weighted by Gasteiger charge is 2.27. The van der Waals surface area contributed by atoms with Crippen LogP contribution in [0.3, 0.4) is 0 Å². The van der Waals surface area contributed by atoms with Gasteiger partial charge in [-0.15, -0.1) is 15.3 Å². The van der Waals surface area contributed by atoms with Gasteiger partial charge in [-0.1, -0.05) is 29.3 Å². The van der Waals surface area contributed by atoms with Crippen LogP contribution < -0.4 is 20.3 Å². The molecule has 3 heterocycles. The van der Waals surface area contributed by atoms with Gasteiger partial charge in [0.15, 0.2) is 0 Å². The van der Waals surface area contributed by atoms with Crippen LogP contribution in [0.4, 0.5) is 15.4 Å². The fourth-order valence-electron chi connectivity index (χ4n) is 3.64. The molecule has 3 N–H and O–H groups in total. The molecular formula is C19H27N7O3S2. The van der Waals surface area contributed by atoms with Crippen LogP contribution in [0.1, 0.15) is 51.4 Å². The normalized spacial score (nSPS) is 20.5. The van der Waals surface area contributed by atoms with Crippen LogP contribution in [0, 0.1) is 11.8 Å². The number of anilines is 3. The van der Waals surface area contributed by atoms with Crippen LogP contribution in [0.25, 0.3) is 0 Å². The number of nitrogens with one attached hydrogen (secondary N) is 2. The molecule has 2 aromatic rings. The lowest BCUT2D eigenvalue weighted by Gasteiger charge is -2.30. The molecule has 1 amide bonds. The van der Waals surface area contributed by atoms with Gasteiger partial charge in [-0.25, -0.2) is 0 Å². The lowest BCUT2D eigenvalue weighted by atomic mass is 10.1. The molecule has 10 nitrogen and oxygen atoms in total. The molecule has 0 radical (unpaired) electrons. The lowest BCUT2D eigenvalue weighted by molar-refractivity contribution is -0.116. The van der Waals surface area contributed by atoms with E-state index in [9.17, 15) is 9.90 Å². The van der Waals surface area contributed by atoms with Crippen molar-refractivity contribution in [3.63, 3.8) is 0 Å². The van der Waals surface area contributed by atoms with Crippen molar-refractivity contribution in [2.24, 2.45) is 11.8 Å². The van der Waals surface area contributed by atoms with Crippen LogP contribution >= 0.6 is 22.7 Å². The smallest absolute Gasteiger partial charge is 0.296 e. The summed E-state index contributed by atoms with van der Waals surface area (Å²) in [5.74, 6) is 1.20. The molecule has 168 valence electrons. The second-order valence-corrected chi connectivity index (χ2v) is 10.5. The molecule has 2 aliphatic carbocycles. The molecule has 1 saturated heterocycles. The number of piperidine rings is 1. The van der Waals surface area contributed by atoms with Crippen molar-refractivity contribution in [2.45, 2.75) is 63.7 Å². The molecule has 1 aliphatic heterocycles. The highest BCUT2D eigenvalue weighted by molar-refractivity contribution is 7.19. The highest BCUT2D eigenvalue weighted by atomic mass is 32.1. The Balaban J connectivity index is 1.05. The second kappa shape index (κ2) is 9.21. The average Bonchev–Trinajstić information content (AvgIpc) is 3.64. The van der Waals surface area contributed by atoms with E-state index in [1.807, 2.05) is 0 Å². The van der Waals surface area contributed by atoms with Crippen LogP contribution in [-0.4, -0.2) is 56.8 Å².